The van der Waals surface area contributed by atoms with E-state index < -0.39 is 0 Å². The molecular weight excluding hydrogens is 298 g/mol. The predicted octanol–water partition coefficient (Wildman–Crippen LogP) is 3.95. The van der Waals surface area contributed by atoms with Gasteiger partial charge in [0.2, 0.25) is 0 Å². The molecule has 0 spiro atoms. The van der Waals surface area contributed by atoms with E-state index in [1.54, 1.807) is 11.9 Å². The largest absolute Gasteiger partial charge is 0.301 e. The lowest BCUT2D eigenvalue weighted by Gasteiger charge is -2.32. The van der Waals surface area contributed by atoms with Crippen molar-refractivity contribution in [2.75, 3.05) is 0 Å². The molecule has 1 N–H and O–H groups in total. The number of nitrogens with one attached hydrogen (secondary N) is 1. The number of hydrogen-bond acceptors (Lipinski definition) is 3. The number of hydrogen-bond donors (Lipinski definition) is 1. The summed E-state index contributed by atoms with van der Waals surface area (Å²) >= 11 is 5.06. The van der Waals surface area contributed by atoms with E-state index >= 15 is 0 Å². The highest BCUT2D eigenvalue weighted by Crippen LogP contribution is 2.32. The average molecular weight is 314 g/mol. The van der Waals surface area contributed by atoms with Gasteiger partial charge in [0.1, 0.15) is 6.29 Å². The van der Waals surface area contributed by atoms with Gasteiger partial charge in [-0.2, -0.15) is 0 Å². The van der Waals surface area contributed by atoms with Crippen LogP contribution < -0.4 is 4.72 Å². The highest BCUT2D eigenvalue weighted by molar-refractivity contribution is 9.10. The molecule has 1 aromatic rings. The Balaban J connectivity index is 2.00. The van der Waals surface area contributed by atoms with E-state index in [2.05, 4.69) is 20.7 Å². The van der Waals surface area contributed by atoms with Crippen LogP contribution >= 0.6 is 27.9 Å². The quantitative estimate of drug-likeness (QED) is 0.674. The third-order valence-corrected chi connectivity index (χ3v) is 5.21. The first-order valence-corrected chi connectivity index (χ1v) is 7.52. The summed E-state index contributed by atoms with van der Waals surface area (Å²) in [5.41, 5.74) is -0.321. The molecular formula is C13H16BrNOS. The lowest BCUT2D eigenvalue weighted by Crippen LogP contribution is -2.44. The summed E-state index contributed by atoms with van der Waals surface area (Å²) in [6.45, 7) is 0. The molecule has 4 heteroatoms. The fraction of sp³-hybridized carbons (Fsp3) is 0.462. The number of aldehydes is 1. The van der Waals surface area contributed by atoms with Crippen molar-refractivity contribution in [1.29, 1.82) is 0 Å². The van der Waals surface area contributed by atoms with E-state index in [4.69, 9.17) is 0 Å². The topological polar surface area (TPSA) is 29.1 Å². The SMILES string of the molecule is O=CC1(NSc2ccccc2Br)CCCCC1. The van der Waals surface area contributed by atoms with Crippen molar-refractivity contribution in [2.45, 2.75) is 42.5 Å². The molecule has 0 bridgehead atoms. The maximum absolute atomic E-state index is 11.3. The van der Waals surface area contributed by atoms with Crippen molar-refractivity contribution < 1.29 is 4.79 Å². The van der Waals surface area contributed by atoms with Gasteiger partial charge in [0.05, 0.1) is 5.54 Å². The maximum Gasteiger partial charge on any atom is 0.140 e. The number of rotatable bonds is 4. The first-order valence-electron chi connectivity index (χ1n) is 5.91. The minimum absolute atomic E-state index is 0.321. The number of carbonyl (C=O) groups is 1. The molecule has 17 heavy (non-hydrogen) atoms. The van der Waals surface area contributed by atoms with Gasteiger partial charge in [-0.1, -0.05) is 31.4 Å². The average Bonchev–Trinajstić information content (AvgIpc) is 2.39. The fourth-order valence-electron chi connectivity index (χ4n) is 2.11. The van der Waals surface area contributed by atoms with Gasteiger partial charge in [0, 0.05) is 9.37 Å². The van der Waals surface area contributed by atoms with E-state index in [9.17, 15) is 4.79 Å². The first-order chi connectivity index (χ1) is 8.26. The van der Waals surface area contributed by atoms with Crippen LogP contribution in [0.1, 0.15) is 32.1 Å². The number of benzene rings is 1. The van der Waals surface area contributed by atoms with Crippen molar-refractivity contribution in [3.8, 4) is 0 Å². The molecule has 1 fully saturated rings. The molecule has 0 aromatic heterocycles. The molecule has 1 aromatic carbocycles. The highest BCUT2D eigenvalue weighted by Gasteiger charge is 2.31. The van der Waals surface area contributed by atoms with Gasteiger partial charge in [-0.3, -0.25) is 0 Å². The minimum Gasteiger partial charge on any atom is -0.301 e. The zero-order chi connectivity index (χ0) is 12.1. The fourth-order valence-corrected chi connectivity index (χ4v) is 3.52. The summed E-state index contributed by atoms with van der Waals surface area (Å²) in [6.07, 6.45) is 6.53. The molecule has 0 aliphatic heterocycles. The molecule has 92 valence electrons. The normalized spacial score (nSPS) is 18.9. The van der Waals surface area contributed by atoms with Crippen LogP contribution in [0.2, 0.25) is 0 Å². The van der Waals surface area contributed by atoms with Gasteiger partial charge in [0.15, 0.2) is 0 Å². The Morgan fingerprint density at radius 2 is 1.94 bits per heavy atom. The van der Waals surface area contributed by atoms with Crippen molar-refractivity contribution in [2.24, 2.45) is 0 Å². The van der Waals surface area contributed by atoms with Crippen LogP contribution in [0.15, 0.2) is 33.6 Å². The van der Waals surface area contributed by atoms with Crippen LogP contribution in [-0.4, -0.2) is 11.8 Å². The summed E-state index contributed by atoms with van der Waals surface area (Å²) in [6, 6.07) is 8.05. The van der Waals surface area contributed by atoms with Crippen LogP contribution in [0.4, 0.5) is 0 Å². The summed E-state index contributed by atoms with van der Waals surface area (Å²) < 4.78 is 4.42. The van der Waals surface area contributed by atoms with E-state index in [0.29, 0.717) is 0 Å². The summed E-state index contributed by atoms with van der Waals surface area (Å²) in [5.74, 6) is 0. The number of halogens is 1. The van der Waals surface area contributed by atoms with Crippen LogP contribution in [0.5, 0.6) is 0 Å². The Labute approximate surface area is 115 Å². The predicted molar refractivity (Wildman–Crippen MR) is 75.0 cm³/mol. The van der Waals surface area contributed by atoms with E-state index in [1.807, 2.05) is 24.3 Å². The van der Waals surface area contributed by atoms with Crippen LogP contribution in [-0.2, 0) is 4.79 Å². The minimum atomic E-state index is -0.321. The Bertz CT molecular complexity index is 391. The molecule has 0 unspecified atom stereocenters. The van der Waals surface area contributed by atoms with Crippen molar-refractivity contribution in [3.63, 3.8) is 0 Å². The number of carbonyl (C=O) groups excluding carboxylic acids is 1. The molecule has 0 heterocycles. The van der Waals surface area contributed by atoms with Gasteiger partial charge in [-0.15, -0.1) is 0 Å². The zero-order valence-electron chi connectivity index (χ0n) is 9.62. The smallest absolute Gasteiger partial charge is 0.140 e. The van der Waals surface area contributed by atoms with Gasteiger partial charge < -0.3 is 4.79 Å². The third kappa shape index (κ3) is 3.33. The zero-order valence-corrected chi connectivity index (χ0v) is 12.0. The monoisotopic (exact) mass is 313 g/mol. The van der Waals surface area contributed by atoms with Crippen molar-refractivity contribution in [1.82, 2.24) is 4.72 Å². The van der Waals surface area contributed by atoms with Gasteiger partial charge >= 0.3 is 0 Å². The van der Waals surface area contributed by atoms with Crippen molar-refractivity contribution >= 4 is 34.2 Å². The summed E-state index contributed by atoms with van der Waals surface area (Å²) in [4.78, 5) is 12.4. The second kappa shape index (κ2) is 6.03. The molecule has 1 aliphatic carbocycles. The molecule has 0 amide bonds. The van der Waals surface area contributed by atoms with E-state index in [0.717, 1.165) is 41.3 Å². The molecule has 0 radical (unpaired) electrons. The lowest BCUT2D eigenvalue weighted by atomic mass is 9.84. The van der Waals surface area contributed by atoms with Crippen LogP contribution in [0, 0.1) is 0 Å². The molecule has 0 atom stereocenters. The third-order valence-electron chi connectivity index (χ3n) is 3.17. The Hall–Kier alpha value is -0.320. The Kier molecular flexibility index (Phi) is 4.65. The summed E-state index contributed by atoms with van der Waals surface area (Å²) in [5, 5.41) is 0. The van der Waals surface area contributed by atoms with Gasteiger partial charge in [-0.05, 0) is 52.9 Å². The molecule has 2 rings (SSSR count). The Morgan fingerprint density at radius 1 is 1.24 bits per heavy atom. The van der Waals surface area contributed by atoms with E-state index in [-0.39, 0.29) is 5.54 Å². The maximum atomic E-state index is 11.3. The standard InChI is InChI=1S/C13H16BrNOS/c14-11-6-2-3-7-12(11)17-15-13(10-16)8-4-1-5-9-13/h2-3,6-7,10,15H,1,4-5,8-9H2. The second-order valence-corrected chi connectivity index (χ2v) is 6.17. The van der Waals surface area contributed by atoms with Gasteiger partial charge in [0.25, 0.3) is 0 Å². The van der Waals surface area contributed by atoms with Gasteiger partial charge in [-0.25, -0.2) is 4.72 Å². The van der Waals surface area contributed by atoms with Crippen LogP contribution in [0.25, 0.3) is 0 Å². The van der Waals surface area contributed by atoms with E-state index in [1.165, 1.54) is 6.42 Å². The molecule has 1 aliphatic rings. The first kappa shape index (κ1) is 13.1. The molecule has 1 saturated carbocycles. The Morgan fingerprint density at radius 3 is 2.59 bits per heavy atom. The molecule has 0 saturated heterocycles. The van der Waals surface area contributed by atoms with Crippen molar-refractivity contribution in [3.05, 3.63) is 28.7 Å². The van der Waals surface area contributed by atoms with Crippen LogP contribution in [0.3, 0.4) is 0 Å². The summed E-state index contributed by atoms with van der Waals surface area (Å²) in [7, 11) is 0. The second-order valence-electron chi connectivity index (χ2n) is 4.47. The molecule has 2 nitrogen and oxygen atoms in total. The lowest BCUT2D eigenvalue weighted by molar-refractivity contribution is -0.113. The highest BCUT2D eigenvalue weighted by atomic mass is 79.9.